The van der Waals surface area contributed by atoms with Crippen LogP contribution in [0, 0.1) is 6.92 Å². The molecule has 2 N–H and O–H groups in total. The van der Waals surface area contributed by atoms with Crippen molar-refractivity contribution in [1.29, 1.82) is 0 Å². The van der Waals surface area contributed by atoms with Crippen molar-refractivity contribution in [2.24, 2.45) is 5.73 Å². The molecule has 7 heteroatoms. The number of nitrogens with two attached hydrogens (primary N) is 1. The smallest absolute Gasteiger partial charge is 0.264 e. The highest BCUT2D eigenvalue weighted by atomic mass is 79.9. The first kappa shape index (κ1) is 16.5. The summed E-state index contributed by atoms with van der Waals surface area (Å²) in [5.74, 6) is -0.677. The number of nitrogens with zero attached hydrogens (tertiary/aromatic N) is 1. The Labute approximate surface area is 137 Å². The van der Waals surface area contributed by atoms with Crippen molar-refractivity contribution >= 4 is 37.5 Å². The molecule has 2 rings (SSSR count). The fraction of sp³-hybridized carbons (Fsp3) is 0.133. The topological polar surface area (TPSA) is 80.5 Å². The van der Waals surface area contributed by atoms with Crippen LogP contribution in [0.5, 0.6) is 0 Å². The third kappa shape index (κ3) is 3.00. The molecule has 0 fully saturated rings. The molecule has 0 atom stereocenters. The third-order valence-corrected chi connectivity index (χ3v) is 5.70. The Morgan fingerprint density at radius 3 is 2.45 bits per heavy atom. The molecule has 0 unspecified atom stereocenters. The number of hydrogen-bond donors (Lipinski definition) is 1. The molecule has 0 aromatic heterocycles. The van der Waals surface area contributed by atoms with Crippen molar-refractivity contribution < 1.29 is 13.2 Å². The van der Waals surface area contributed by atoms with Gasteiger partial charge in [-0.1, -0.05) is 34.1 Å². The summed E-state index contributed by atoms with van der Waals surface area (Å²) in [6.45, 7) is 1.72. The number of aryl methyl sites for hydroxylation is 1. The van der Waals surface area contributed by atoms with Crippen LogP contribution in [0.15, 0.2) is 51.8 Å². The highest BCUT2D eigenvalue weighted by Crippen LogP contribution is 2.28. The lowest BCUT2D eigenvalue weighted by Crippen LogP contribution is -2.29. The van der Waals surface area contributed by atoms with Crippen molar-refractivity contribution in [2.45, 2.75) is 11.8 Å². The van der Waals surface area contributed by atoms with Crippen molar-refractivity contribution in [2.75, 3.05) is 11.4 Å². The van der Waals surface area contributed by atoms with Gasteiger partial charge in [0.2, 0.25) is 0 Å². The van der Waals surface area contributed by atoms with E-state index >= 15 is 0 Å². The molecule has 0 aliphatic rings. The molecule has 116 valence electrons. The molecule has 0 saturated carbocycles. The normalized spacial score (nSPS) is 11.2. The van der Waals surface area contributed by atoms with E-state index in [-0.39, 0.29) is 16.1 Å². The minimum absolute atomic E-state index is 0.154. The minimum atomic E-state index is -3.81. The van der Waals surface area contributed by atoms with Gasteiger partial charge in [-0.2, -0.15) is 0 Å². The summed E-state index contributed by atoms with van der Waals surface area (Å²) in [6, 6.07) is 11.4. The standard InChI is InChI=1S/C15H15BrN2O3S/c1-10-7-8-11(16)9-14(10)22(20,21)18(2)13-6-4-3-5-12(13)15(17)19/h3-9H,1-2H3,(H2,17,19). The molecular formula is C15H15BrN2O3S. The summed E-state index contributed by atoms with van der Waals surface area (Å²) in [6.07, 6.45) is 0. The summed E-state index contributed by atoms with van der Waals surface area (Å²) in [5.41, 5.74) is 6.34. The number of sulfonamides is 1. The second-order valence-electron chi connectivity index (χ2n) is 4.76. The molecule has 2 aromatic carbocycles. The second kappa shape index (κ2) is 6.10. The zero-order valence-electron chi connectivity index (χ0n) is 12.1. The second-order valence-corrected chi connectivity index (χ2v) is 7.62. The minimum Gasteiger partial charge on any atom is -0.366 e. The number of carbonyl (C=O) groups is 1. The van der Waals surface area contributed by atoms with Crippen LogP contribution in [-0.2, 0) is 10.0 Å². The Bertz CT molecular complexity index is 834. The molecule has 0 spiro atoms. The molecule has 0 aliphatic carbocycles. The van der Waals surface area contributed by atoms with E-state index in [9.17, 15) is 13.2 Å². The van der Waals surface area contributed by atoms with Gasteiger partial charge in [-0.3, -0.25) is 9.10 Å². The third-order valence-electron chi connectivity index (χ3n) is 3.30. The van der Waals surface area contributed by atoms with Crippen LogP contribution < -0.4 is 10.0 Å². The summed E-state index contributed by atoms with van der Waals surface area (Å²) in [7, 11) is -2.41. The molecule has 0 heterocycles. The summed E-state index contributed by atoms with van der Waals surface area (Å²) < 4.78 is 27.4. The maximum Gasteiger partial charge on any atom is 0.264 e. The van der Waals surface area contributed by atoms with Gasteiger partial charge in [-0.05, 0) is 36.8 Å². The van der Waals surface area contributed by atoms with Gasteiger partial charge in [0.05, 0.1) is 16.1 Å². The maximum atomic E-state index is 12.8. The van der Waals surface area contributed by atoms with E-state index in [2.05, 4.69) is 15.9 Å². The van der Waals surface area contributed by atoms with Crippen LogP contribution in [0.2, 0.25) is 0 Å². The number of primary amides is 1. The average molecular weight is 383 g/mol. The number of para-hydroxylation sites is 1. The first-order valence-corrected chi connectivity index (χ1v) is 8.62. The lowest BCUT2D eigenvalue weighted by atomic mass is 10.2. The number of amides is 1. The summed E-state index contributed by atoms with van der Waals surface area (Å²) in [4.78, 5) is 11.7. The monoisotopic (exact) mass is 382 g/mol. The van der Waals surface area contributed by atoms with E-state index < -0.39 is 15.9 Å². The van der Waals surface area contributed by atoms with Crippen LogP contribution in [0.25, 0.3) is 0 Å². The Hall–Kier alpha value is -1.86. The lowest BCUT2D eigenvalue weighted by Gasteiger charge is -2.22. The van der Waals surface area contributed by atoms with E-state index in [1.807, 2.05) is 0 Å². The van der Waals surface area contributed by atoms with Gasteiger partial charge in [0.25, 0.3) is 15.9 Å². The Balaban J connectivity index is 2.60. The quantitative estimate of drug-likeness (QED) is 0.882. The van der Waals surface area contributed by atoms with E-state index in [1.165, 1.54) is 19.2 Å². The van der Waals surface area contributed by atoms with Crippen LogP contribution in [0.1, 0.15) is 15.9 Å². The number of halogens is 1. The van der Waals surface area contributed by atoms with Crippen molar-refractivity contribution in [3.05, 3.63) is 58.1 Å². The molecule has 0 saturated heterocycles. The molecule has 22 heavy (non-hydrogen) atoms. The van der Waals surface area contributed by atoms with E-state index in [0.717, 1.165) is 4.31 Å². The maximum absolute atomic E-state index is 12.8. The largest absolute Gasteiger partial charge is 0.366 e. The fourth-order valence-electron chi connectivity index (χ4n) is 2.09. The number of hydrogen-bond acceptors (Lipinski definition) is 3. The Morgan fingerprint density at radius 1 is 1.18 bits per heavy atom. The summed E-state index contributed by atoms with van der Waals surface area (Å²) >= 11 is 3.27. The van der Waals surface area contributed by atoms with Crippen LogP contribution in [-0.4, -0.2) is 21.4 Å². The van der Waals surface area contributed by atoms with Crippen molar-refractivity contribution in [3.8, 4) is 0 Å². The molecule has 0 aliphatic heterocycles. The Kier molecular flexibility index (Phi) is 4.58. The van der Waals surface area contributed by atoms with Crippen LogP contribution in [0.4, 0.5) is 5.69 Å². The average Bonchev–Trinajstić information content (AvgIpc) is 2.48. The van der Waals surface area contributed by atoms with Crippen molar-refractivity contribution in [3.63, 3.8) is 0 Å². The molecule has 0 bridgehead atoms. The predicted octanol–water partition coefficient (Wildman–Crippen LogP) is 2.68. The fourth-order valence-corrected chi connectivity index (χ4v) is 4.06. The molecule has 0 radical (unpaired) electrons. The van der Waals surface area contributed by atoms with Gasteiger partial charge in [0, 0.05) is 11.5 Å². The SMILES string of the molecule is Cc1ccc(Br)cc1S(=O)(=O)N(C)c1ccccc1C(N)=O. The molecular weight excluding hydrogens is 368 g/mol. The van der Waals surface area contributed by atoms with Gasteiger partial charge in [0.1, 0.15) is 0 Å². The predicted molar refractivity (Wildman–Crippen MR) is 89.4 cm³/mol. The lowest BCUT2D eigenvalue weighted by molar-refractivity contribution is 0.100. The van der Waals surface area contributed by atoms with Crippen LogP contribution in [0.3, 0.4) is 0 Å². The highest BCUT2D eigenvalue weighted by molar-refractivity contribution is 9.10. The van der Waals surface area contributed by atoms with Gasteiger partial charge in [-0.15, -0.1) is 0 Å². The zero-order valence-corrected chi connectivity index (χ0v) is 14.5. The highest BCUT2D eigenvalue weighted by Gasteiger charge is 2.26. The number of rotatable bonds is 4. The zero-order chi connectivity index (χ0) is 16.5. The van der Waals surface area contributed by atoms with Crippen LogP contribution >= 0.6 is 15.9 Å². The van der Waals surface area contributed by atoms with Gasteiger partial charge < -0.3 is 5.73 Å². The summed E-state index contributed by atoms with van der Waals surface area (Å²) in [5, 5.41) is 0. The van der Waals surface area contributed by atoms with Gasteiger partial charge in [0.15, 0.2) is 0 Å². The Morgan fingerprint density at radius 2 is 1.82 bits per heavy atom. The van der Waals surface area contributed by atoms with E-state index in [4.69, 9.17) is 5.73 Å². The van der Waals surface area contributed by atoms with Gasteiger partial charge in [-0.25, -0.2) is 8.42 Å². The van der Waals surface area contributed by atoms with Gasteiger partial charge >= 0.3 is 0 Å². The van der Waals surface area contributed by atoms with E-state index in [1.54, 1.807) is 37.3 Å². The number of benzene rings is 2. The molecule has 2 aromatic rings. The van der Waals surface area contributed by atoms with Crippen molar-refractivity contribution in [1.82, 2.24) is 0 Å². The number of carbonyl (C=O) groups excluding carboxylic acids is 1. The van der Waals surface area contributed by atoms with E-state index in [0.29, 0.717) is 10.0 Å². The first-order chi connectivity index (χ1) is 10.2. The molecule has 5 nitrogen and oxygen atoms in total. The first-order valence-electron chi connectivity index (χ1n) is 6.39. The number of anilines is 1. The molecule has 1 amide bonds.